The van der Waals surface area contributed by atoms with Crippen LogP contribution in [0.15, 0.2) is 48.8 Å². The molecule has 23 heavy (non-hydrogen) atoms. The largest absolute Gasteiger partial charge is 0.457 e. The Morgan fingerprint density at radius 2 is 1.87 bits per heavy atom. The van der Waals surface area contributed by atoms with Crippen molar-refractivity contribution in [1.82, 2.24) is 14.5 Å². The molecule has 0 fully saturated rings. The average Bonchev–Trinajstić information content (AvgIpc) is 2.92. The first-order chi connectivity index (χ1) is 11.0. The third kappa shape index (κ3) is 3.31. The molecule has 0 aliphatic heterocycles. The molecule has 0 atom stereocenters. The Morgan fingerprint density at radius 1 is 1.17 bits per heavy atom. The van der Waals surface area contributed by atoms with E-state index < -0.39 is 0 Å². The van der Waals surface area contributed by atoms with E-state index in [2.05, 4.69) is 4.98 Å². The predicted molar refractivity (Wildman–Crippen MR) is 84.9 cm³/mol. The summed E-state index contributed by atoms with van der Waals surface area (Å²) < 4.78 is 20.4. The minimum absolute atomic E-state index is 0.00376. The van der Waals surface area contributed by atoms with Crippen LogP contribution in [0.3, 0.4) is 0 Å². The first kappa shape index (κ1) is 15.0. The minimum Gasteiger partial charge on any atom is -0.457 e. The average molecular weight is 313 g/mol. The van der Waals surface area contributed by atoms with Gasteiger partial charge < -0.3 is 14.2 Å². The van der Waals surface area contributed by atoms with Gasteiger partial charge in [-0.2, -0.15) is 0 Å². The fourth-order valence-electron chi connectivity index (χ4n) is 2.16. The number of amides is 1. The molecule has 2 aromatic carbocycles. The van der Waals surface area contributed by atoms with Crippen LogP contribution in [-0.2, 0) is 11.3 Å². The number of likely N-dealkylation sites (N-methyl/N-ethyl adjacent to an activating group) is 1. The van der Waals surface area contributed by atoms with E-state index in [1.165, 1.54) is 17.0 Å². The lowest BCUT2D eigenvalue weighted by molar-refractivity contribution is -0.129. The van der Waals surface area contributed by atoms with E-state index in [1.54, 1.807) is 49.3 Å². The van der Waals surface area contributed by atoms with Gasteiger partial charge in [0.1, 0.15) is 23.9 Å². The molecule has 3 rings (SSSR count). The molecule has 1 aromatic heterocycles. The van der Waals surface area contributed by atoms with Gasteiger partial charge in [0, 0.05) is 20.2 Å². The van der Waals surface area contributed by atoms with E-state index in [9.17, 15) is 9.18 Å². The van der Waals surface area contributed by atoms with Crippen molar-refractivity contribution in [3.05, 3.63) is 54.6 Å². The number of halogens is 1. The van der Waals surface area contributed by atoms with Crippen LogP contribution in [0.5, 0.6) is 11.5 Å². The Balaban J connectivity index is 1.83. The zero-order valence-corrected chi connectivity index (χ0v) is 12.9. The van der Waals surface area contributed by atoms with Crippen molar-refractivity contribution in [3.63, 3.8) is 0 Å². The maximum absolute atomic E-state index is 12.9. The van der Waals surface area contributed by atoms with Gasteiger partial charge in [-0.05, 0) is 36.4 Å². The number of ether oxygens (including phenoxy) is 1. The van der Waals surface area contributed by atoms with Gasteiger partial charge >= 0.3 is 0 Å². The standard InChI is InChI=1S/C17H16FN3O2/c1-20(2)17(22)10-21-11-19-15-9-14(7-8-16(15)21)23-13-5-3-12(18)4-6-13/h3-9,11H,10H2,1-2H3. The molecule has 0 aliphatic carbocycles. The zero-order chi connectivity index (χ0) is 16.4. The summed E-state index contributed by atoms with van der Waals surface area (Å²) in [6.45, 7) is 0.238. The van der Waals surface area contributed by atoms with Crippen molar-refractivity contribution in [3.8, 4) is 11.5 Å². The second-order valence-corrected chi connectivity index (χ2v) is 5.37. The van der Waals surface area contributed by atoms with Crippen LogP contribution in [-0.4, -0.2) is 34.5 Å². The van der Waals surface area contributed by atoms with Gasteiger partial charge in [-0.1, -0.05) is 0 Å². The van der Waals surface area contributed by atoms with Crippen LogP contribution in [0.1, 0.15) is 0 Å². The van der Waals surface area contributed by atoms with Gasteiger partial charge in [-0.3, -0.25) is 4.79 Å². The van der Waals surface area contributed by atoms with Crippen LogP contribution < -0.4 is 4.74 Å². The number of aromatic nitrogens is 2. The fourth-order valence-corrected chi connectivity index (χ4v) is 2.16. The van der Waals surface area contributed by atoms with Crippen LogP contribution in [0.4, 0.5) is 4.39 Å². The van der Waals surface area contributed by atoms with E-state index >= 15 is 0 Å². The summed E-state index contributed by atoms with van der Waals surface area (Å²) in [7, 11) is 3.44. The second kappa shape index (κ2) is 6.08. The number of hydrogen-bond acceptors (Lipinski definition) is 3. The van der Waals surface area contributed by atoms with Gasteiger partial charge in [-0.25, -0.2) is 9.37 Å². The van der Waals surface area contributed by atoms with E-state index in [4.69, 9.17) is 4.74 Å². The van der Waals surface area contributed by atoms with Crippen molar-refractivity contribution in [1.29, 1.82) is 0 Å². The van der Waals surface area contributed by atoms with Crippen molar-refractivity contribution in [2.24, 2.45) is 0 Å². The first-order valence-corrected chi connectivity index (χ1v) is 7.11. The highest BCUT2D eigenvalue weighted by Gasteiger charge is 2.10. The lowest BCUT2D eigenvalue weighted by Crippen LogP contribution is -2.25. The summed E-state index contributed by atoms with van der Waals surface area (Å²) in [6.07, 6.45) is 1.63. The molecule has 3 aromatic rings. The van der Waals surface area contributed by atoms with Crippen molar-refractivity contribution in [2.45, 2.75) is 6.54 Å². The lowest BCUT2D eigenvalue weighted by Gasteiger charge is -2.11. The van der Waals surface area contributed by atoms with Crippen LogP contribution in [0.25, 0.3) is 11.0 Å². The van der Waals surface area contributed by atoms with Crippen LogP contribution in [0.2, 0.25) is 0 Å². The van der Waals surface area contributed by atoms with Crippen molar-refractivity contribution in [2.75, 3.05) is 14.1 Å². The van der Waals surface area contributed by atoms with E-state index in [-0.39, 0.29) is 18.3 Å². The third-order valence-corrected chi connectivity index (χ3v) is 3.45. The number of carbonyl (C=O) groups excluding carboxylic acids is 1. The first-order valence-electron chi connectivity index (χ1n) is 7.11. The number of carbonyl (C=O) groups is 1. The Bertz CT molecular complexity index is 841. The van der Waals surface area contributed by atoms with E-state index in [1.807, 2.05) is 6.07 Å². The molecule has 0 spiro atoms. The summed E-state index contributed by atoms with van der Waals surface area (Å²) in [5, 5.41) is 0. The Hall–Kier alpha value is -2.89. The van der Waals surface area contributed by atoms with Gasteiger partial charge in [0.15, 0.2) is 0 Å². The van der Waals surface area contributed by atoms with E-state index in [0.717, 1.165) is 11.0 Å². The molecule has 0 aliphatic rings. The maximum atomic E-state index is 12.9. The number of fused-ring (bicyclic) bond motifs is 1. The number of benzene rings is 2. The second-order valence-electron chi connectivity index (χ2n) is 5.37. The summed E-state index contributed by atoms with van der Waals surface area (Å²) >= 11 is 0. The summed E-state index contributed by atoms with van der Waals surface area (Å²) in [4.78, 5) is 17.7. The summed E-state index contributed by atoms with van der Waals surface area (Å²) in [5.74, 6) is 0.842. The monoisotopic (exact) mass is 313 g/mol. The molecular formula is C17H16FN3O2. The molecule has 0 N–H and O–H groups in total. The van der Waals surface area contributed by atoms with E-state index in [0.29, 0.717) is 11.5 Å². The molecule has 118 valence electrons. The number of rotatable bonds is 4. The molecule has 6 heteroatoms. The van der Waals surface area contributed by atoms with Crippen LogP contribution in [0, 0.1) is 5.82 Å². The number of imidazole rings is 1. The molecule has 0 unspecified atom stereocenters. The predicted octanol–water partition coefficient (Wildman–Crippen LogP) is 3.06. The fraction of sp³-hybridized carbons (Fsp3) is 0.176. The Kier molecular flexibility index (Phi) is 3.97. The van der Waals surface area contributed by atoms with Gasteiger partial charge in [0.05, 0.1) is 17.4 Å². The maximum Gasteiger partial charge on any atom is 0.242 e. The smallest absolute Gasteiger partial charge is 0.242 e. The topological polar surface area (TPSA) is 47.4 Å². The Labute approximate surface area is 132 Å². The highest BCUT2D eigenvalue weighted by atomic mass is 19.1. The molecule has 5 nitrogen and oxygen atoms in total. The molecular weight excluding hydrogens is 297 g/mol. The van der Waals surface area contributed by atoms with Crippen LogP contribution >= 0.6 is 0 Å². The lowest BCUT2D eigenvalue weighted by atomic mass is 10.3. The summed E-state index contributed by atoms with van der Waals surface area (Å²) in [6, 6.07) is 11.2. The zero-order valence-electron chi connectivity index (χ0n) is 12.9. The van der Waals surface area contributed by atoms with Gasteiger partial charge in [0.25, 0.3) is 0 Å². The number of hydrogen-bond donors (Lipinski definition) is 0. The molecule has 0 saturated carbocycles. The normalized spacial score (nSPS) is 10.7. The molecule has 1 heterocycles. The quantitative estimate of drug-likeness (QED) is 0.744. The highest BCUT2D eigenvalue weighted by molar-refractivity contribution is 5.81. The van der Waals surface area contributed by atoms with Gasteiger partial charge in [0.2, 0.25) is 5.91 Å². The minimum atomic E-state index is -0.308. The third-order valence-electron chi connectivity index (χ3n) is 3.45. The summed E-state index contributed by atoms with van der Waals surface area (Å²) in [5.41, 5.74) is 1.59. The van der Waals surface area contributed by atoms with Crippen molar-refractivity contribution < 1.29 is 13.9 Å². The van der Waals surface area contributed by atoms with Gasteiger partial charge in [-0.15, -0.1) is 0 Å². The number of nitrogens with zero attached hydrogens (tertiary/aromatic N) is 3. The molecule has 1 amide bonds. The molecule has 0 bridgehead atoms. The molecule has 0 saturated heterocycles. The SMILES string of the molecule is CN(C)C(=O)Cn1cnc2cc(Oc3ccc(F)cc3)ccc21. The van der Waals surface area contributed by atoms with Crippen molar-refractivity contribution >= 4 is 16.9 Å². The Morgan fingerprint density at radius 3 is 2.57 bits per heavy atom. The highest BCUT2D eigenvalue weighted by Crippen LogP contribution is 2.25. The molecule has 0 radical (unpaired) electrons.